The van der Waals surface area contributed by atoms with Gasteiger partial charge in [0.2, 0.25) is 0 Å². The van der Waals surface area contributed by atoms with E-state index in [4.69, 9.17) is 12.2 Å². The quantitative estimate of drug-likeness (QED) is 0.572. The number of benzene rings is 1. The van der Waals surface area contributed by atoms with E-state index in [9.17, 15) is 4.39 Å². The van der Waals surface area contributed by atoms with Gasteiger partial charge in [-0.3, -0.25) is 4.98 Å². The maximum Gasteiger partial charge on any atom is 0.174 e. The fourth-order valence-electron chi connectivity index (χ4n) is 3.01. The van der Waals surface area contributed by atoms with Crippen LogP contribution in [0.15, 0.2) is 64.6 Å². The zero-order valence-electron chi connectivity index (χ0n) is 12.9. The lowest BCUT2D eigenvalue weighted by Gasteiger charge is -2.26. The van der Waals surface area contributed by atoms with E-state index in [2.05, 4.69) is 37.7 Å². The van der Waals surface area contributed by atoms with Gasteiger partial charge in [0.15, 0.2) is 5.11 Å². The first-order valence-corrected chi connectivity index (χ1v) is 9.72. The SMILES string of the molecule is Fc1ccc(N2C(=S)N[C@@H](c3ccccn3)[C@H]2c2cc(Br)cs2)cc1. The van der Waals surface area contributed by atoms with Crippen molar-refractivity contribution in [1.82, 2.24) is 10.3 Å². The van der Waals surface area contributed by atoms with Gasteiger partial charge in [-0.25, -0.2) is 4.39 Å². The van der Waals surface area contributed by atoms with Crippen LogP contribution in [-0.2, 0) is 0 Å². The molecule has 0 unspecified atom stereocenters. The van der Waals surface area contributed by atoms with Gasteiger partial charge >= 0.3 is 0 Å². The number of rotatable bonds is 3. The van der Waals surface area contributed by atoms with Crippen LogP contribution in [0.5, 0.6) is 0 Å². The summed E-state index contributed by atoms with van der Waals surface area (Å²) in [6, 6.07) is 14.2. The van der Waals surface area contributed by atoms with Gasteiger partial charge in [0.25, 0.3) is 0 Å². The molecule has 0 spiro atoms. The topological polar surface area (TPSA) is 28.2 Å². The molecule has 126 valence electrons. The molecule has 1 aliphatic heterocycles. The Morgan fingerprint density at radius 1 is 1.20 bits per heavy atom. The summed E-state index contributed by atoms with van der Waals surface area (Å²) in [5, 5.41) is 6.04. The highest BCUT2D eigenvalue weighted by atomic mass is 79.9. The number of halogens is 2. The van der Waals surface area contributed by atoms with Crippen molar-refractivity contribution in [2.45, 2.75) is 12.1 Å². The Hall–Kier alpha value is -1.83. The van der Waals surface area contributed by atoms with Crippen molar-refractivity contribution in [2.75, 3.05) is 4.90 Å². The highest BCUT2D eigenvalue weighted by Gasteiger charge is 2.41. The fraction of sp³-hybridized carbons (Fsp3) is 0.111. The van der Waals surface area contributed by atoms with Gasteiger partial charge in [0.1, 0.15) is 5.82 Å². The molecule has 2 atom stereocenters. The molecule has 1 saturated heterocycles. The van der Waals surface area contributed by atoms with Gasteiger partial charge in [-0.15, -0.1) is 11.3 Å². The summed E-state index contributed by atoms with van der Waals surface area (Å²) in [6.07, 6.45) is 1.78. The van der Waals surface area contributed by atoms with Crippen LogP contribution in [-0.4, -0.2) is 10.1 Å². The molecule has 0 aliphatic carbocycles. The van der Waals surface area contributed by atoms with E-state index < -0.39 is 0 Å². The molecule has 1 aliphatic rings. The first-order valence-electron chi connectivity index (χ1n) is 7.63. The van der Waals surface area contributed by atoms with E-state index in [1.165, 1.54) is 12.1 Å². The van der Waals surface area contributed by atoms with E-state index in [0.717, 1.165) is 20.7 Å². The molecule has 3 aromatic rings. The number of thiophene rings is 1. The summed E-state index contributed by atoms with van der Waals surface area (Å²) in [4.78, 5) is 7.69. The number of thiocarbonyl (C=S) groups is 1. The number of nitrogens with one attached hydrogen (secondary N) is 1. The molecule has 2 aromatic heterocycles. The molecule has 4 rings (SSSR count). The summed E-state index contributed by atoms with van der Waals surface area (Å²) in [6.45, 7) is 0. The van der Waals surface area contributed by atoms with Crippen molar-refractivity contribution < 1.29 is 4.39 Å². The van der Waals surface area contributed by atoms with E-state index >= 15 is 0 Å². The Balaban J connectivity index is 1.81. The summed E-state index contributed by atoms with van der Waals surface area (Å²) < 4.78 is 14.4. The lowest BCUT2D eigenvalue weighted by molar-refractivity contribution is 0.574. The minimum absolute atomic E-state index is 0.0517. The van der Waals surface area contributed by atoms with Crippen molar-refractivity contribution >= 4 is 50.3 Å². The minimum atomic E-state index is -0.265. The van der Waals surface area contributed by atoms with Crippen molar-refractivity contribution in [2.24, 2.45) is 0 Å². The second-order valence-corrected chi connectivity index (χ2v) is 7.89. The van der Waals surface area contributed by atoms with Crippen LogP contribution in [0.3, 0.4) is 0 Å². The highest BCUT2D eigenvalue weighted by Crippen LogP contribution is 2.43. The van der Waals surface area contributed by atoms with E-state index in [-0.39, 0.29) is 17.9 Å². The van der Waals surface area contributed by atoms with Crippen molar-refractivity contribution in [1.29, 1.82) is 0 Å². The van der Waals surface area contributed by atoms with Crippen molar-refractivity contribution in [3.05, 3.63) is 81.0 Å². The predicted octanol–water partition coefficient (Wildman–Crippen LogP) is 5.22. The highest BCUT2D eigenvalue weighted by molar-refractivity contribution is 9.10. The van der Waals surface area contributed by atoms with Gasteiger partial charge in [-0.2, -0.15) is 0 Å². The molecule has 3 heterocycles. The van der Waals surface area contributed by atoms with Gasteiger partial charge in [-0.1, -0.05) is 6.07 Å². The van der Waals surface area contributed by atoms with Crippen LogP contribution in [0.1, 0.15) is 22.7 Å². The molecule has 7 heteroatoms. The fourth-order valence-corrected chi connectivity index (χ4v) is 4.92. The van der Waals surface area contributed by atoms with Gasteiger partial charge in [0, 0.05) is 26.6 Å². The maximum absolute atomic E-state index is 13.4. The summed E-state index contributed by atoms with van der Waals surface area (Å²) in [7, 11) is 0. The molecule has 25 heavy (non-hydrogen) atoms. The summed E-state index contributed by atoms with van der Waals surface area (Å²) in [5.74, 6) is -0.265. The number of pyridine rings is 1. The minimum Gasteiger partial charge on any atom is -0.351 e. The second-order valence-electron chi connectivity index (χ2n) is 5.64. The third kappa shape index (κ3) is 3.19. The zero-order valence-corrected chi connectivity index (χ0v) is 16.1. The van der Waals surface area contributed by atoms with Crippen LogP contribution in [0, 0.1) is 5.82 Å². The van der Waals surface area contributed by atoms with Crippen molar-refractivity contribution in [3.63, 3.8) is 0 Å². The first kappa shape index (κ1) is 16.6. The van der Waals surface area contributed by atoms with Crippen LogP contribution < -0.4 is 10.2 Å². The molecule has 1 aromatic carbocycles. The third-order valence-electron chi connectivity index (χ3n) is 4.08. The number of anilines is 1. The number of nitrogens with zero attached hydrogens (tertiary/aromatic N) is 2. The maximum atomic E-state index is 13.4. The predicted molar refractivity (Wildman–Crippen MR) is 106 cm³/mol. The Bertz CT molecular complexity index is 898. The van der Waals surface area contributed by atoms with Gasteiger partial charge in [-0.05, 0) is 70.6 Å². The summed E-state index contributed by atoms with van der Waals surface area (Å²) in [5.41, 5.74) is 1.77. The van der Waals surface area contributed by atoms with Gasteiger partial charge in [0.05, 0.1) is 17.8 Å². The normalized spacial score (nSPS) is 19.9. The monoisotopic (exact) mass is 433 g/mol. The Labute approximate surface area is 162 Å². The zero-order chi connectivity index (χ0) is 17.4. The Morgan fingerprint density at radius 2 is 2.00 bits per heavy atom. The average molecular weight is 434 g/mol. The number of hydrogen-bond acceptors (Lipinski definition) is 3. The van der Waals surface area contributed by atoms with E-state index in [0.29, 0.717) is 5.11 Å². The van der Waals surface area contributed by atoms with Crippen LogP contribution in [0.4, 0.5) is 10.1 Å². The lowest BCUT2D eigenvalue weighted by atomic mass is 10.0. The smallest absolute Gasteiger partial charge is 0.174 e. The molecule has 0 radical (unpaired) electrons. The van der Waals surface area contributed by atoms with Crippen LogP contribution in [0.25, 0.3) is 0 Å². The van der Waals surface area contributed by atoms with Gasteiger partial charge < -0.3 is 10.2 Å². The number of hydrogen-bond donors (Lipinski definition) is 1. The average Bonchev–Trinajstić information content (AvgIpc) is 3.20. The molecule has 3 nitrogen and oxygen atoms in total. The molecular formula is C18H13BrFN3S2. The van der Waals surface area contributed by atoms with Crippen LogP contribution in [0.2, 0.25) is 0 Å². The Morgan fingerprint density at radius 3 is 2.64 bits per heavy atom. The molecule has 0 amide bonds. The molecule has 0 bridgehead atoms. The standard InChI is InChI=1S/C18H13BrFN3S2/c19-11-9-15(25-10-11)17-16(14-3-1-2-8-21-14)22-18(24)23(17)13-6-4-12(20)5-7-13/h1-10,16-17H,(H,22,24)/t16-,17+/m0/s1. The molecule has 1 N–H and O–H groups in total. The molecule has 0 saturated carbocycles. The first-order chi connectivity index (χ1) is 12.1. The second kappa shape index (κ2) is 6.82. The third-order valence-corrected chi connectivity index (χ3v) is 6.16. The van der Waals surface area contributed by atoms with E-state index in [1.54, 1.807) is 29.7 Å². The largest absolute Gasteiger partial charge is 0.351 e. The Kier molecular flexibility index (Phi) is 4.54. The summed E-state index contributed by atoms with van der Waals surface area (Å²) >= 11 is 10.8. The molecular weight excluding hydrogens is 421 g/mol. The lowest BCUT2D eigenvalue weighted by Crippen LogP contribution is -2.29. The van der Waals surface area contributed by atoms with Crippen molar-refractivity contribution in [3.8, 4) is 0 Å². The molecule has 1 fully saturated rings. The van der Waals surface area contributed by atoms with E-state index in [1.807, 2.05) is 23.1 Å². The van der Waals surface area contributed by atoms with Crippen LogP contribution >= 0.6 is 39.5 Å². The number of aromatic nitrogens is 1.